The summed E-state index contributed by atoms with van der Waals surface area (Å²) in [5.41, 5.74) is 2.07. The molecule has 0 atom stereocenters. The zero-order chi connectivity index (χ0) is 23.8. The lowest BCUT2D eigenvalue weighted by molar-refractivity contribution is 0.0561. The average Bonchev–Trinajstić information content (AvgIpc) is 3.21. The molecule has 1 aliphatic heterocycles. The van der Waals surface area contributed by atoms with Crippen molar-refractivity contribution in [3.63, 3.8) is 0 Å². The third-order valence-corrected chi connectivity index (χ3v) is 6.02. The highest BCUT2D eigenvalue weighted by atomic mass is 32.1. The Hall–Kier alpha value is -3.36. The zero-order valence-corrected chi connectivity index (χ0v) is 20.1. The van der Waals surface area contributed by atoms with E-state index in [0.717, 1.165) is 55.4 Å². The predicted molar refractivity (Wildman–Crippen MR) is 135 cm³/mol. The molecule has 0 bridgehead atoms. The molecule has 1 fully saturated rings. The van der Waals surface area contributed by atoms with Crippen LogP contribution in [0.5, 0.6) is 5.75 Å². The van der Waals surface area contributed by atoms with Gasteiger partial charge in [0.1, 0.15) is 18.1 Å². The van der Waals surface area contributed by atoms with Crippen LogP contribution in [0.4, 0.5) is 5.69 Å². The van der Waals surface area contributed by atoms with Gasteiger partial charge in [-0.2, -0.15) is 0 Å². The van der Waals surface area contributed by atoms with Crippen molar-refractivity contribution in [1.82, 2.24) is 9.80 Å². The topological polar surface area (TPSA) is 67.2 Å². The first-order chi connectivity index (χ1) is 16.6. The van der Waals surface area contributed by atoms with Crippen molar-refractivity contribution in [2.75, 3.05) is 38.6 Å². The van der Waals surface area contributed by atoms with Gasteiger partial charge in [-0.25, -0.2) is 4.79 Å². The van der Waals surface area contributed by atoms with Gasteiger partial charge in [-0.05, 0) is 60.6 Å². The number of nitrogens with one attached hydrogen (secondary N) is 1. The number of carbonyl (C=O) groups is 1. The van der Waals surface area contributed by atoms with Gasteiger partial charge in [0.05, 0.1) is 13.7 Å². The largest absolute Gasteiger partial charge is 0.489 e. The Kier molecular flexibility index (Phi) is 8.17. The van der Waals surface area contributed by atoms with Gasteiger partial charge in [0, 0.05) is 31.9 Å². The molecule has 0 amide bonds. The molecule has 8 heteroatoms. The van der Waals surface area contributed by atoms with Crippen molar-refractivity contribution in [1.29, 1.82) is 0 Å². The Labute approximate surface area is 205 Å². The number of benzene rings is 2. The third-order valence-electron chi connectivity index (χ3n) is 5.66. The van der Waals surface area contributed by atoms with E-state index in [9.17, 15) is 4.79 Å². The highest BCUT2D eigenvalue weighted by molar-refractivity contribution is 7.80. The van der Waals surface area contributed by atoms with Crippen LogP contribution in [0.3, 0.4) is 0 Å². The number of hydrogen-bond acceptors (Lipinski definition) is 6. The van der Waals surface area contributed by atoms with E-state index >= 15 is 0 Å². The van der Waals surface area contributed by atoms with Gasteiger partial charge in [0.25, 0.3) is 0 Å². The van der Waals surface area contributed by atoms with Gasteiger partial charge in [-0.15, -0.1) is 0 Å². The van der Waals surface area contributed by atoms with Gasteiger partial charge in [-0.1, -0.05) is 30.3 Å². The zero-order valence-electron chi connectivity index (χ0n) is 19.2. The molecule has 1 N–H and O–H groups in total. The maximum atomic E-state index is 11.6. The number of nitrogens with zero attached hydrogens (tertiary/aromatic N) is 2. The van der Waals surface area contributed by atoms with E-state index in [1.54, 1.807) is 6.07 Å². The molecule has 178 valence electrons. The standard InChI is InChI=1S/C26H29N3O4S/c1-31-25(30)24-13-12-23(33-24)18-28-14-5-15-29(17-16-28)26(34)27-21-8-10-22(11-9-21)32-19-20-6-3-2-4-7-20/h2-4,6-13H,5,14-19H2,1H3,(H,27,34). The van der Waals surface area contributed by atoms with E-state index in [4.69, 9.17) is 26.1 Å². The number of carbonyl (C=O) groups excluding carboxylic acids is 1. The van der Waals surface area contributed by atoms with Gasteiger partial charge in [0.15, 0.2) is 5.11 Å². The van der Waals surface area contributed by atoms with Crippen LogP contribution in [-0.4, -0.2) is 54.2 Å². The number of anilines is 1. The number of hydrogen-bond donors (Lipinski definition) is 1. The van der Waals surface area contributed by atoms with Crippen LogP contribution in [0.1, 0.15) is 28.3 Å². The number of ether oxygens (including phenoxy) is 2. The Balaban J connectivity index is 1.24. The van der Waals surface area contributed by atoms with E-state index in [1.807, 2.05) is 60.7 Å². The summed E-state index contributed by atoms with van der Waals surface area (Å²) in [6, 6.07) is 21.4. The van der Waals surface area contributed by atoms with Crippen LogP contribution < -0.4 is 10.1 Å². The molecule has 0 spiro atoms. The van der Waals surface area contributed by atoms with Gasteiger partial charge >= 0.3 is 5.97 Å². The Bertz CT molecular complexity index is 1080. The first kappa shape index (κ1) is 23.8. The Morgan fingerprint density at radius 2 is 1.79 bits per heavy atom. The van der Waals surface area contributed by atoms with E-state index < -0.39 is 5.97 Å². The highest BCUT2D eigenvalue weighted by Crippen LogP contribution is 2.18. The van der Waals surface area contributed by atoms with Gasteiger partial charge < -0.3 is 24.1 Å². The smallest absolute Gasteiger partial charge is 0.373 e. The van der Waals surface area contributed by atoms with Crippen LogP contribution in [0, 0.1) is 0 Å². The fourth-order valence-corrected chi connectivity index (χ4v) is 4.10. The maximum Gasteiger partial charge on any atom is 0.373 e. The number of thiocarbonyl (C=S) groups is 1. The average molecular weight is 480 g/mol. The number of rotatable bonds is 7. The summed E-state index contributed by atoms with van der Waals surface area (Å²) in [7, 11) is 1.35. The minimum atomic E-state index is -0.458. The Morgan fingerprint density at radius 1 is 1.00 bits per heavy atom. The van der Waals surface area contributed by atoms with Crippen LogP contribution in [0.25, 0.3) is 0 Å². The molecular weight excluding hydrogens is 450 g/mol. The number of methoxy groups -OCH3 is 1. The lowest BCUT2D eigenvalue weighted by Crippen LogP contribution is -2.37. The summed E-state index contributed by atoms with van der Waals surface area (Å²) >= 11 is 5.67. The molecule has 2 aromatic carbocycles. The molecule has 4 rings (SSSR count). The van der Waals surface area contributed by atoms with Crippen molar-refractivity contribution in [3.8, 4) is 5.75 Å². The summed E-state index contributed by atoms with van der Waals surface area (Å²) in [4.78, 5) is 16.1. The summed E-state index contributed by atoms with van der Waals surface area (Å²) in [6.07, 6.45) is 0.985. The van der Waals surface area contributed by atoms with Crippen LogP contribution in [-0.2, 0) is 17.9 Å². The molecule has 1 saturated heterocycles. The number of furan rings is 1. The maximum absolute atomic E-state index is 11.6. The molecular formula is C26H29N3O4S. The molecule has 1 aromatic heterocycles. The molecule has 34 heavy (non-hydrogen) atoms. The molecule has 1 aliphatic rings. The van der Waals surface area contributed by atoms with E-state index in [1.165, 1.54) is 7.11 Å². The molecule has 0 radical (unpaired) electrons. The van der Waals surface area contributed by atoms with E-state index in [0.29, 0.717) is 18.3 Å². The summed E-state index contributed by atoms with van der Waals surface area (Å²) in [5, 5.41) is 4.05. The second-order valence-corrected chi connectivity index (χ2v) is 8.49. The first-order valence-electron chi connectivity index (χ1n) is 11.3. The summed E-state index contributed by atoms with van der Waals surface area (Å²) < 4.78 is 16.2. The predicted octanol–water partition coefficient (Wildman–Crippen LogP) is 4.55. The molecule has 0 saturated carbocycles. The molecule has 3 aromatic rings. The second kappa shape index (κ2) is 11.7. The van der Waals surface area contributed by atoms with Crippen LogP contribution in [0.15, 0.2) is 71.1 Å². The van der Waals surface area contributed by atoms with E-state index in [2.05, 4.69) is 15.1 Å². The van der Waals surface area contributed by atoms with Crippen molar-refractivity contribution >= 4 is 29.0 Å². The minimum absolute atomic E-state index is 0.232. The van der Waals surface area contributed by atoms with Crippen molar-refractivity contribution in [3.05, 3.63) is 83.8 Å². The molecule has 7 nitrogen and oxygen atoms in total. The first-order valence-corrected chi connectivity index (χ1v) is 11.7. The van der Waals surface area contributed by atoms with Crippen molar-refractivity contribution < 1.29 is 18.7 Å². The minimum Gasteiger partial charge on any atom is -0.489 e. The fourth-order valence-electron chi connectivity index (χ4n) is 3.80. The summed E-state index contributed by atoms with van der Waals surface area (Å²) in [5.74, 6) is 1.35. The highest BCUT2D eigenvalue weighted by Gasteiger charge is 2.19. The quantitative estimate of drug-likeness (QED) is 0.391. The fraction of sp³-hybridized carbons (Fsp3) is 0.308. The molecule has 0 unspecified atom stereocenters. The molecule has 0 aliphatic carbocycles. The van der Waals surface area contributed by atoms with Crippen LogP contribution >= 0.6 is 12.2 Å². The SMILES string of the molecule is COC(=O)c1ccc(CN2CCCN(C(=S)Nc3ccc(OCc4ccccc4)cc3)CC2)o1. The lowest BCUT2D eigenvalue weighted by Gasteiger charge is -2.24. The van der Waals surface area contributed by atoms with Gasteiger partial charge in [-0.3, -0.25) is 4.90 Å². The third kappa shape index (κ3) is 6.59. The molecule has 2 heterocycles. The summed E-state index contributed by atoms with van der Waals surface area (Å²) in [6.45, 7) is 4.66. The van der Waals surface area contributed by atoms with Crippen LogP contribution in [0.2, 0.25) is 0 Å². The van der Waals surface area contributed by atoms with Crippen molar-refractivity contribution in [2.45, 2.75) is 19.6 Å². The number of esters is 1. The normalized spacial score (nSPS) is 14.3. The monoisotopic (exact) mass is 479 g/mol. The van der Waals surface area contributed by atoms with Crippen molar-refractivity contribution in [2.24, 2.45) is 0 Å². The lowest BCUT2D eigenvalue weighted by atomic mass is 10.2. The van der Waals surface area contributed by atoms with Gasteiger partial charge in [0.2, 0.25) is 5.76 Å². The second-order valence-electron chi connectivity index (χ2n) is 8.10. The Morgan fingerprint density at radius 3 is 2.56 bits per heavy atom. The van der Waals surface area contributed by atoms with E-state index in [-0.39, 0.29) is 5.76 Å².